The number of nitrogens with zero attached hydrogens (tertiary/aromatic N) is 1. The number of hydrogen-bond donors (Lipinski definition) is 1. The standard InChI is InChI=1S/C17H39N2O3P/c1-7-13-17(23(20,21-10-4)22-11-5)18-16(6)14-12-15-19(8-2)9-3/h16-18H,7-15H2,1-6H3. The minimum atomic E-state index is -3.08. The van der Waals surface area contributed by atoms with Crippen molar-refractivity contribution in [1.29, 1.82) is 0 Å². The van der Waals surface area contributed by atoms with Gasteiger partial charge in [0.2, 0.25) is 0 Å². The van der Waals surface area contributed by atoms with E-state index in [1.54, 1.807) is 0 Å². The van der Waals surface area contributed by atoms with Crippen LogP contribution in [0.15, 0.2) is 0 Å². The average Bonchev–Trinajstić information content (AvgIpc) is 2.51. The van der Waals surface area contributed by atoms with E-state index in [2.05, 4.69) is 37.9 Å². The Morgan fingerprint density at radius 3 is 2.00 bits per heavy atom. The molecule has 0 aliphatic rings. The number of nitrogens with one attached hydrogen (secondary N) is 1. The van der Waals surface area contributed by atoms with Crippen molar-refractivity contribution in [3.05, 3.63) is 0 Å². The first-order valence-corrected chi connectivity index (χ1v) is 11.0. The first-order chi connectivity index (χ1) is 11.0. The summed E-state index contributed by atoms with van der Waals surface area (Å²) in [6, 6.07) is 0.302. The van der Waals surface area contributed by atoms with E-state index in [1.165, 1.54) is 0 Å². The van der Waals surface area contributed by atoms with Crippen LogP contribution in [-0.4, -0.2) is 49.6 Å². The summed E-state index contributed by atoms with van der Waals surface area (Å²) in [5.74, 6) is -0.212. The first kappa shape index (κ1) is 23.1. The lowest BCUT2D eigenvalue weighted by molar-refractivity contribution is 0.202. The third kappa shape index (κ3) is 9.21. The summed E-state index contributed by atoms with van der Waals surface area (Å²) in [6.45, 7) is 16.5. The largest absolute Gasteiger partial charge is 0.347 e. The highest BCUT2D eigenvalue weighted by atomic mass is 31.2. The van der Waals surface area contributed by atoms with Crippen LogP contribution in [0.3, 0.4) is 0 Å². The van der Waals surface area contributed by atoms with Crippen molar-refractivity contribution in [3.63, 3.8) is 0 Å². The Labute approximate surface area is 144 Å². The SMILES string of the molecule is CCCC(NC(C)CCCN(CC)CC)P(=O)(OCC)OCC. The van der Waals surface area contributed by atoms with Crippen molar-refractivity contribution in [2.75, 3.05) is 32.8 Å². The van der Waals surface area contributed by atoms with E-state index in [0.717, 1.165) is 45.3 Å². The van der Waals surface area contributed by atoms with Crippen LogP contribution in [0.25, 0.3) is 0 Å². The van der Waals surface area contributed by atoms with Gasteiger partial charge in [0, 0.05) is 6.04 Å². The molecule has 5 nitrogen and oxygen atoms in total. The monoisotopic (exact) mass is 350 g/mol. The van der Waals surface area contributed by atoms with Crippen molar-refractivity contribution in [3.8, 4) is 0 Å². The lowest BCUT2D eigenvalue weighted by Crippen LogP contribution is -2.38. The minimum absolute atomic E-state index is 0.212. The molecule has 0 saturated heterocycles. The summed E-state index contributed by atoms with van der Waals surface area (Å²) in [4.78, 5) is 2.43. The molecule has 0 aromatic carbocycles. The molecule has 0 radical (unpaired) electrons. The van der Waals surface area contributed by atoms with Crippen LogP contribution in [-0.2, 0) is 13.6 Å². The maximum atomic E-state index is 13.0. The van der Waals surface area contributed by atoms with Crippen molar-refractivity contribution in [1.82, 2.24) is 10.2 Å². The van der Waals surface area contributed by atoms with Gasteiger partial charge < -0.3 is 19.3 Å². The molecule has 0 rings (SSSR count). The minimum Gasteiger partial charge on any atom is -0.308 e. The van der Waals surface area contributed by atoms with E-state index in [0.29, 0.717) is 19.3 Å². The second-order valence-corrected chi connectivity index (χ2v) is 8.14. The van der Waals surface area contributed by atoms with Crippen molar-refractivity contribution >= 4 is 7.60 Å². The van der Waals surface area contributed by atoms with Crippen LogP contribution in [0.4, 0.5) is 0 Å². The van der Waals surface area contributed by atoms with Gasteiger partial charge in [-0.15, -0.1) is 0 Å². The van der Waals surface area contributed by atoms with Crippen molar-refractivity contribution in [2.45, 2.75) is 79.1 Å². The maximum absolute atomic E-state index is 13.0. The van der Waals surface area contributed by atoms with Gasteiger partial charge in [0.1, 0.15) is 5.78 Å². The zero-order valence-corrected chi connectivity index (χ0v) is 17.0. The lowest BCUT2D eigenvalue weighted by Gasteiger charge is -2.30. The Morgan fingerprint density at radius 2 is 1.57 bits per heavy atom. The highest BCUT2D eigenvalue weighted by Gasteiger charge is 2.35. The molecule has 2 atom stereocenters. The van der Waals surface area contributed by atoms with E-state index < -0.39 is 7.60 Å². The van der Waals surface area contributed by atoms with E-state index in [1.807, 2.05) is 13.8 Å². The van der Waals surface area contributed by atoms with Crippen molar-refractivity contribution in [2.24, 2.45) is 0 Å². The van der Waals surface area contributed by atoms with E-state index in [9.17, 15) is 4.57 Å². The van der Waals surface area contributed by atoms with Gasteiger partial charge >= 0.3 is 7.60 Å². The lowest BCUT2D eigenvalue weighted by atomic mass is 10.1. The normalized spacial score (nSPS) is 15.1. The zero-order chi connectivity index (χ0) is 17.7. The fourth-order valence-corrected chi connectivity index (χ4v) is 4.92. The molecule has 0 spiro atoms. The van der Waals surface area contributed by atoms with Crippen LogP contribution >= 0.6 is 7.60 Å². The molecule has 0 bridgehead atoms. The molecule has 23 heavy (non-hydrogen) atoms. The smallest absolute Gasteiger partial charge is 0.308 e. The molecule has 0 amide bonds. The maximum Gasteiger partial charge on any atom is 0.347 e. The Balaban J connectivity index is 4.56. The fourth-order valence-electron chi connectivity index (χ4n) is 2.76. The molecule has 0 aromatic heterocycles. The summed E-state index contributed by atoms with van der Waals surface area (Å²) in [5, 5.41) is 3.51. The molecule has 0 heterocycles. The summed E-state index contributed by atoms with van der Waals surface area (Å²) in [5.41, 5.74) is 0. The zero-order valence-electron chi connectivity index (χ0n) is 16.1. The molecule has 0 aliphatic carbocycles. The predicted molar refractivity (Wildman–Crippen MR) is 99.2 cm³/mol. The molecule has 1 N–H and O–H groups in total. The van der Waals surface area contributed by atoms with Gasteiger partial charge in [-0.25, -0.2) is 0 Å². The van der Waals surface area contributed by atoms with Crippen LogP contribution in [0, 0.1) is 0 Å². The van der Waals surface area contributed by atoms with Crippen LogP contribution in [0.1, 0.15) is 67.2 Å². The molecule has 140 valence electrons. The second-order valence-electron chi connectivity index (χ2n) is 5.92. The molecule has 0 aliphatic heterocycles. The molecule has 0 saturated carbocycles. The second kappa shape index (κ2) is 13.4. The summed E-state index contributed by atoms with van der Waals surface area (Å²) in [7, 11) is -3.08. The van der Waals surface area contributed by atoms with Crippen LogP contribution in [0.2, 0.25) is 0 Å². The highest BCUT2D eigenvalue weighted by molar-refractivity contribution is 7.54. The summed E-state index contributed by atoms with van der Waals surface area (Å²) < 4.78 is 24.0. The fraction of sp³-hybridized carbons (Fsp3) is 1.00. The topological polar surface area (TPSA) is 50.8 Å². The van der Waals surface area contributed by atoms with Gasteiger partial charge in [-0.2, -0.15) is 0 Å². The summed E-state index contributed by atoms with van der Waals surface area (Å²) >= 11 is 0. The van der Waals surface area contributed by atoms with Gasteiger partial charge in [-0.1, -0.05) is 27.2 Å². The molecule has 2 unspecified atom stereocenters. The van der Waals surface area contributed by atoms with Gasteiger partial charge in [-0.05, 0) is 59.7 Å². The van der Waals surface area contributed by atoms with E-state index >= 15 is 0 Å². The van der Waals surface area contributed by atoms with Gasteiger partial charge in [0.25, 0.3) is 0 Å². The molecular formula is C17H39N2O3P. The van der Waals surface area contributed by atoms with Gasteiger partial charge in [-0.3, -0.25) is 4.57 Å². The Hall–Kier alpha value is 0.0700. The van der Waals surface area contributed by atoms with E-state index in [4.69, 9.17) is 9.05 Å². The first-order valence-electron chi connectivity index (χ1n) is 9.34. The molecule has 6 heteroatoms. The summed E-state index contributed by atoms with van der Waals surface area (Å²) in [6.07, 6.45) is 3.96. The predicted octanol–water partition coefficient (Wildman–Crippen LogP) is 4.48. The third-order valence-electron chi connectivity index (χ3n) is 4.04. The van der Waals surface area contributed by atoms with Crippen LogP contribution in [0.5, 0.6) is 0 Å². The van der Waals surface area contributed by atoms with E-state index in [-0.39, 0.29) is 5.78 Å². The van der Waals surface area contributed by atoms with Crippen LogP contribution < -0.4 is 5.32 Å². The third-order valence-corrected chi connectivity index (χ3v) is 6.45. The van der Waals surface area contributed by atoms with Gasteiger partial charge in [0.05, 0.1) is 13.2 Å². The Kier molecular flexibility index (Phi) is 13.4. The molecule has 0 aromatic rings. The number of hydrogen-bond acceptors (Lipinski definition) is 5. The van der Waals surface area contributed by atoms with Gasteiger partial charge in [0.15, 0.2) is 0 Å². The van der Waals surface area contributed by atoms with Crippen molar-refractivity contribution < 1.29 is 13.6 Å². The Bertz CT molecular complexity index is 315. The highest BCUT2D eigenvalue weighted by Crippen LogP contribution is 2.53. The quantitative estimate of drug-likeness (QED) is 0.441. The average molecular weight is 350 g/mol. The molecular weight excluding hydrogens is 311 g/mol. The molecule has 0 fully saturated rings. The Morgan fingerprint density at radius 1 is 1.00 bits per heavy atom. The number of rotatable bonds is 15.